The van der Waals surface area contributed by atoms with Crippen molar-refractivity contribution in [3.63, 3.8) is 0 Å². The fraction of sp³-hybridized carbons (Fsp3) is 0.500. The molecule has 1 N–H and O–H groups in total. The van der Waals surface area contributed by atoms with Crippen molar-refractivity contribution in [2.24, 2.45) is 4.99 Å². The zero-order valence-electron chi connectivity index (χ0n) is 6.71. The highest BCUT2D eigenvalue weighted by Crippen LogP contribution is 2.11. The molecule has 0 aromatic carbocycles. The Balaban J connectivity index is 2.14. The van der Waals surface area contributed by atoms with E-state index >= 15 is 0 Å². The normalized spacial score (nSPS) is 23.2. The molecule has 0 aliphatic carbocycles. The number of aliphatic imine (C=N–C) groups is 1. The molecule has 0 bridgehead atoms. The molecule has 1 fully saturated rings. The number of Topliss-reactive ketones (excluding diaryl/α,β-unsaturated/α-hetero) is 1. The van der Waals surface area contributed by atoms with E-state index in [9.17, 15) is 4.79 Å². The Kier molecular flexibility index (Phi) is 1.91. The van der Waals surface area contributed by atoms with Crippen molar-refractivity contribution >= 4 is 12.0 Å². The Bertz CT molecular complexity index is 251. The standard InChI is InChI=1S/C8H10N3O/c12-8-2-4-9-6-7(8)11-5-1-3-10-11/h4,10H,1-3,5H2. The minimum Gasteiger partial charge on any atom is -0.303 e. The van der Waals surface area contributed by atoms with E-state index in [4.69, 9.17) is 0 Å². The first-order chi connectivity index (χ1) is 5.88. The third kappa shape index (κ3) is 1.25. The van der Waals surface area contributed by atoms with Crippen LogP contribution in [0.5, 0.6) is 0 Å². The van der Waals surface area contributed by atoms with E-state index in [2.05, 4.69) is 16.6 Å². The summed E-state index contributed by atoms with van der Waals surface area (Å²) < 4.78 is 0. The Morgan fingerprint density at radius 1 is 1.67 bits per heavy atom. The van der Waals surface area contributed by atoms with Crippen molar-refractivity contribution in [2.45, 2.75) is 12.8 Å². The zero-order valence-corrected chi connectivity index (χ0v) is 6.71. The van der Waals surface area contributed by atoms with Gasteiger partial charge in [0.05, 0.1) is 0 Å². The van der Waals surface area contributed by atoms with Gasteiger partial charge in [-0.25, -0.2) is 5.43 Å². The third-order valence-electron chi connectivity index (χ3n) is 1.93. The molecule has 4 nitrogen and oxygen atoms in total. The topological polar surface area (TPSA) is 44.7 Å². The van der Waals surface area contributed by atoms with Gasteiger partial charge in [-0.05, 0) is 6.42 Å². The lowest BCUT2D eigenvalue weighted by atomic mass is 10.2. The molecule has 0 atom stereocenters. The number of nitrogens with zero attached hydrogens (tertiary/aromatic N) is 2. The first-order valence-electron chi connectivity index (χ1n) is 4.06. The van der Waals surface area contributed by atoms with Crippen LogP contribution in [0.2, 0.25) is 0 Å². The highest BCUT2D eigenvalue weighted by atomic mass is 16.1. The van der Waals surface area contributed by atoms with Gasteiger partial charge in [-0.1, -0.05) is 0 Å². The first kappa shape index (κ1) is 7.49. The molecule has 0 aromatic rings. The number of hydrazine groups is 1. The van der Waals surface area contributed by atoms with E-state index < -0.39 is 0 Å². The van der Waals surface area contributed by atoms with Crippen LogP contribution in [-0.4, -0.2) is 30.1 Å². The van der Waals surface area contributed by atoms with Gasteiger partial charge in [0.25, 0.3) is 0 Å². The molecule has 2 heterocycles. The van der Waals surface area contributed by atoms with Crippen molar-refractivity contribution in [3.8, 4) is 0 Å². The van der Waals surface area contributed by atoms with E-state index in [1.807, 2.05) is 5.01 Å². The van der Waals surface area contributed by atoms with Crippen LogP contribution in [0.4, 0.5) is 0 Å². The van der Waals surface area contributed by atoms with Crippen LogP contribution in [0.15, 0.2) is 10.7 Å². The number of nitrogens with one attached hydrogen (secondary N) is 1. The predicted octanol–water partition coefficient (Wildman–Crippen LogP) is -0.115. The lowest BCUT2D eigenvalue weighted by Gasteiger charge is -2.19. The Morgan fingerprint density at radius 3 is 3.25 bits per heavy atom. The van der Waals surface area contributed by atoms with Gasteiger partial charge in [0.15, 0.2) is 5.78 Å². The molecule has 0 saturated carbocycles. The summed E-state index contributed by atoms with van der Waals surface area (Å²) in [6.07, 6.45) is 5.77. The van der Waals surface area contributed by atoms with Gasteiger partial charge in [0.1, 0.15) is 11.9 Å². The van der Waals surface area contributed by atoms with Crippen LogP contribution in [-0.2, 0) is 4.79 Å². The summed E-state index contributed by atoms with van der Waals surface area (Å²) >= 11 is 0. The van der Waals surface area contributed by atoms with Crippen molar-refractivity contribution < 1.29 is 4.79 Å². The van der Waals surface area contributed by atoms with Gasteiger partial charge in [-0.2, -0.15) is 0 Å². The molecule has 2 rings (SSSR count). The molecule has 1 saturated heterocycles. The van der Waals surface area contributed by atoms with E-state index in [1.165, 1.54) is 0 Å². The van der Waals surface area contributed by atoms with E-state index in [1.54, 1.807) is 6.21 Å². The third-order valence-corrected chi connectivity index (χ3v) is 1.93. The molecular formula is C8H10N3O. The summed E-state index contributed by atoms with van der Waals surface area (Å²) in [5.74, 6) is 0.0967. The molecule has 2 aliphatic heterocycles. The molecule has 2 aliphatic rings. The van der Waals surface area contributed by atoms with Crippen LogP contribution in [0.1, 0.15) is 12.8 Å². The number of ketones is 1. The molecule has 4 heteroatoms. The maximum atomic E-state index is 11.3. The van der Waals surface area contributed by atoms with Gasteiger partial charge in [-0.15, -0.1) is 0 Å². The number of hydrogen-bond donors (Lipinski definition) is 1. The maximum absolute atomic E-state index is 11.3. The predicted molar refractivity (Wildman–Crippen MR) is 44.2 cm³/mol. The van der Waals surface area contributed by atoms with Gasteiger partial charge >= 0.3 is 0 Å². The van der Waals surface area contributed by atoms with E-state index in [0.717, 1.165) is 19.5 Å². The number of hydrogen-bond acceptors (Lipinski definition) is 4. The zero-order chi connectivity index (χ0) is 8.39. The van der Waals surface area contributed by atoms with Crippen LogP contribution in [0.3, 0.4) is 0 Å². The highest BCUT2D eigenvalue weighted by molar-refractivity contribution is 6.03. The lowest BCUT2D eigenvalue weighted by molar-refractivity contribution is -0.116. The monoisotopic (exact) mass is 164 g/mol. The van der Waals surface area contributed by atoms with Gasteiger partial charge in [0, 0.05) is 25.7 Å². The van der Waals surface area contributed by atoms with Gasteiger partial charge < -0.3 is 5.01 Å². The summed E-state index contributed by atoms with van der Waals surface area (Å²) in [4.78, 5) is 15.1. The van der Waals surface area contributed by atoms with E-state index in [0.29, 0.717) is 12.1 Å². The Labute approximate surface area is 70.9 Å². The quantitative estimate of drug-likeness (QED) is 0.588. The minimum atomic E-state index is 0.0967. The van der Waals surface area contributed by atoms with Gasteiger partial charge in [-0.3, -0.25) is 9.79 Å². The average Bonchev–Trinajstić information content (AvgIpc) is 2.57. The second kappa shape index (κ2) is 3.06. The maximum Gasteiger partial charge on any atom is 0.187 e. The molecule has 0 aromatic heterocycles. The number of carbonyl (C=O) groups excluding carboxylic acids is 1. The smallest absolute Gasteiger partial charge is 0.187 e. The lowest BCUT2D eigenvalue weighted by Crippen LogP contribution is -2.34. The van der Waals surface area contributed by atoms with Crippen molar-refractivity contribution in [1.29, 1.82) is 0 Å². The molecule has 0 spiro atoms. The number of allylic oxidation sites excluding steroid dienone is 1. The molecule has 63 valence electrons. The van der Waals surface area contributed by atoms with Gasteiger partial charge in [0.2, 0.25) is 0 Å². The summed E-state index contributed by atoms with van der Waals surface area (Å²) in [5.41, 5.74) is 3.67. The van der Waals surface area contributed by atoms with Crippen LogP contribution >= 0.6 is 0 Å². The van der Waals surface area contributed by atoms with Crippen LogP contribution < -0.4 is 5.43 Å². The molecular weight excluding hydrogens is 154 g/mol. The average molecular weight is 164 g/mol. The van der Waals surface area contributed by atoms with Crippen LogP contribution in [0, 0.1) is 6.20 Å². The van der Waals surface area contributed by atoms with Crippen molar-refractivity contribution in [1.82, 2.24) is 10.4 Å². The number of carbonyl (C=O) groups is 1. The molecule has 1 radical (unpaired) electrons. The van der Waals surface area contributed by atoms with E-state index in [-0.39, 0.29) is 5.78 Å². The highest BCUT2D eigenvalue weighted by Gasteiger charge is 2.21. The first-order valence-corrected chi connectivity index (χ1v) is 4.06. The minimum absolute atomic E-state index is 0.0967. The summed E-state index contributed by atoms with van der Waals surface area (Å²) in [6.45, 7) is 1.81. The largest absolute Gasteiger partial charge is 0.303 e. The second-order valence-corrected chi connectivity index (χ2v) is 2.81. The summed E-state index contributed by atoms with van der Waals surface area (Å²) in [7, 11) is 0. The molecule has 12 heavy (non-hydrogen) atoms. The number of rotatable bonds is 1. The van der Waals surface area contributed by atoms with Crippen molar-refractivity contribution in [2.75, 3.05) is 13.1 Å². The Morgan fingerprint density at radius 2 is 2.58 bits per heavy atom. The fourth-order valence-electron chi connectivity index (χ4n) is 1.33. The second-order valence-electron chi connectivity index (χ2n) is 2.81. The summed E-state index contributed by atoms with van der Waals surface area (Å²) in [6, 6.07) is 0. The molecule has 0 amide bonds. The van der Waals surface area contributed by atoms with Crippen molar-refractivity contribution in [3.05, 3.63) is 11.9 Å². The summed E-state index contributed by atoms with van der Waals surface area (Å²) in [5, 5.41) is 1.83. The van der Waals surface area contributed by atoms with Crippen LogP contribution in [0.25, 0.3) is 0 Å². The SMILES string of the molecule is O=C1CC=N[C]=C1N1CCCN1. The Hall–Kier alpha value is -1.16. The molecule has 0 unspecified atom stereocenters. The fourth-order valence-corrected chi connectivity index (χ4v) is 1.33.